The lowest BCUT2D eigenvalue weighted by molar-refractivity contribution is -0.150. The topological polar surface area (TPSA) is 32.8 Å². The van der Waals surface area contributed by atoms with Crippen molar-refractivity contribution in [3.05, 3.63) is 0 Å². The monoisotopic (exact) mass is 256 g/mol. The van der Waals surface area contributed by atoms with Crippen molar-refractivity contribution in [1.82, 2.24) is 9.80 Å². The third-order valence-electron chi connectivity index (χ3n) is 4.17. The Balaban J connectivity index is 2.81. The lowest BCUT2D eigenvalue weighted by Crippen LogP contribution is -2.46. The van der Waals surface area contributed by atoms with Gasteiger partial charge in [0, 0.05) is 26.2 Å². The van der Waals surface area contributed by atoms with Crippen LogP contribution in [0.1, 0.15) is 27.7 Å². The molecule has 4 heteroatoms. The molecule has 4 nitrogen and oxygen atoms in total. The highest BCUT2D eigenvalue weighted by molar-refractivity contribution is 5.84. The Bertz CT molecular complexity index is 284. The summed E-state index contributed by atoms with van der Waals surface area (Å²) in [6, 6.07) is 0.446. The molecule has 0 spiro atoms. The van der Waals surface area contributed by atoms with Gasteiger partial charge in [0.05, 0.1) is 0 Å². The molecule has 1 amide bonds. The standard InChI is InChI=1S/C14H28N2O2/c1-10(2)11-8-16(9-12(11)15(5)6)13(17)14(3,4)18-7/h10-12H,8-9H2,1-7H3/t11-,12+/m0/s1. The molecular weight excluding hydrogens is 228 g/mol. The van der Waals surface area contributed by atoms with Gasteiger partial charge in [-0.2, -0.15) is 0 Å². The zero-order valence-corrected chi connectivity index (χ0v) is 12.9. The van der Waals surface area contributed by atoms with Gasteiger partial charge in [-0.05, 0) is 39.8 Å². The highest BCUT2D eigenvalue weighted by Crippen LogP contribution is 2.29. The van der Waals surface area contributed by atoms with Gasteiger partial charge in [0.1, 0.15) is 5.60 Å². The first-order valence-corrected chi connectivity index (χ1v) is 6.71. The van der Waals surface area contributed by atoms with Gasteiger partial charge in [-0.15, -0.1) is 0 Å². The molecule has 0 bridgehead atoms. The first-order valence-electron chi connectivity index (χ1n) is 6.71. The van der Waals surface area contributed by atoms with Crippen molar-refractivity contribution in [3.63, 3.8) is 0 Å². The Morgan fingerprint density at radius 2 is 1.89 bits per heavy atom. The zero-order chi connectivity index (χ0) is 14.1. The van der Waals surface area contributed by atoms with Crippen LogP contribution in [-0.2, 0) is 9.53 Å². The third-order valence-corrected chi connectivity index (χ3v) is 4.17. The predicted octanol–water partition coefficient (Wildman–Crippen LogP) is 1.46. The molecule has 0 aromatic heterocycles. The van der Waals surface area contributed by atoms with Crippen LogP contribution in [0.5, 0.6) is 0 Å². The van der Waals surface area contributed by atoms with Crippen molar-refractivity contribution in [2.75, 3.05) is 34.3 Å². The quantitative estimate of drug-likeness (QED) is 0.763. The molecule has 1 rings (SSSR count). The highest BCUT2D eigenvalue weighted by Gasteiger charge is 2.42. The molecule has 106 valence electrons. The molecule has 1 saturated heterocycles. The van der Waals surface area contributed by atoms with Gasteiger partial charge in [0.25, 0.3) is 5.91 Å². The summed E-state index contributed by atoms with van der Waals surface area (Å²) in [6.45, 7) is 9.78. The first kappa shape index (κ1) is 15.4. The van der Waals surface area contributed by atoms with E-state index in [2.05, 4.69) is 32.8 Å². The van der Waals surface area contributed by atoms with Gasteiger partial charge in [-0.1, -0.05) is 13.8 Å². The number of likely N-dealkylation sites (N-methyl/N-ethyl adjacent to an activating group) is 1. The minimum atomic E-state index is -0.720. The number of hydrogen-bond acceptors (Lipinski definition) is 3. The van der Waals surface area contributed by atoms with Gasteiger partial charge >= 0.3 is 0 Å². The van der Waals surface area contributed by atoms with Crippen molar-refractivity contribution in [1.29, 1.82) is 0 Å². The lowest BCUT2D eigenvalue weighted by Gasteiger charge is -2.28. The number of methoxy groups -OCH3 is 1. The third kappa shape index (κ3) is 3.04. The molecule has 0 aromatic rings. The average molecular weight is 256 g/mol. The molecule has 0 radical (unpaired) electrons. The number of likely N-dealkylation sites (tertiary alicyclic amines) is 1. The van der Waals surface area contributed by atoms with Crippen LogP contribution < -0.4 is 0 Å². The van der Waals surface area contributed by atoms with Gasteiger partial charge in [0.2, 0.25) is 0 Å². The van der Waals surface area contributed by atoms with E-state index in [4.69, 9.17) is 4.74 Å². The molecule has 1 aliphatic heterocycles. The van der Waals surface area contributed by atoms with E-state index >= 15 is 0 Å². The molecule has 2 atom stereocenters. The van der Waals surface area contributed by atoms with Crippen LogP contribution in [0.25, 0.3) is 0 Å². The van der Waals surface area contributed by atoms with E-state index in [0.29, 0.717) is 17.9 Å². The molecule has 1 heterocycles. The van der Waals surface area contributed by atoms with E-state index in [0.717, 1.165) is 13.1 Å². The number of carbonyl (C=O) groups is 1. The minimum absolute atomic E-state index is 0.0972. The van der Waals surface area contributed by atoms with E-state index in [1.807, 2.05) is 18.7 Å². The lowest BCUT2D eigenvalue weighted by atomic mass is 9.91. The summed E-state index contributed by atoms with van der Waals surface area (Å²) in [4.78, 5) is 16.6. The minimum Gasteiger partial charge on any atom is -0.369 e. The van der Waals surface area contributed by atoms with Gasteiger partial charge in [-0.3, -0.25) is 4.79 Å². The number of carbonyl (C=O) groups excluding carboxylic acids is 1. The summed E-state index contributed by atoms with van der Waals surface area (Å²) in [6.07, 6.45) is 0. The predicted molar refractivity (Wildman–Crippen MR) is 73.5 cm³/mol. The second-order valence-electron chi connectivity index (χ2n) is 6.36. The van der Waals surface area contributed by atoms with Gasteiger partial charge < -0.3 is 14.5 Å². The van der Waals surface area contributed by atoms with Crippen LogP contribution in [0.2, 0.25) is 0 Å². The number of ether oxygens (including phenoxy) is 1. The Kier molecular flexibility index (Phi) is 4.78. The molecule has 0 unspecified atom stereocenters. The largest absolute Gasteiger partial charge is 0.369 e. The average Bonchev–Trinajstić information content (AvgIpc) is 2.72. The van der Waals surface area contributed by atoms with Crippen molar-refractivity contribution < 1.29 is 9.53 Å². The maximum atomic E-state index is 12.4. The summed E-state index contributed by atoms with van der Waals surface area (Å²) in [7, 11) is 5.78. The fourth-order valence-electron chi connectivity index (χ4n) is 2.65. The molecular formula is C14H28N2O2. The molecule has 0 aromatic carbocycles. The molecule has 0 N–H and O–H groups in total. The van der Waals surface area contributed by atoms with Crippen LogP contribution >= 0.6 is 0 Å². The van der Waals surface area contributed by atoms with Crippen molar-refractivity contribution in [2.24, 2.45) is 11.8 Å². The SMILES string of the molecule is COC(C)(C)C(=O)N1C[C@@H](N(C)C)[C@H](C(C)C)C1. The number of hydrogen-bond donors (Lipinski definition) is 0. The molecule has 1 fully saturated rings. The van der Waals surface area contributed by atoms with Crippen LogP contribution in [0.15, 0.2) is 0 Å². The molecule has 18 heavy (non-hydrogen) atoms. The van der Waals surface area contributed by atoms with Crippen molar-refractivity contribution >= 4 is 5.91 Å². The molecule has 1 aliphatic rings. The van der Waals surface area contributed by atoms with Gasteiger partial charge in [-0.25, -0.2) is 0 Å². The Labute approximate surface area is 111 Å². The molecule has 0 saturated carbocycles. The Morgan fingerprint density at radius 1 is 1.33 bits per heavy atom. The first-order chi connectivity index (χ1) is 8.20. The summed E-state index contributed by atoms with van der Waals surface area (Å²) in [5, 5.41) is 0. The Morgan fingerprint density at radius 3 is 2.22 bits per heavy atom. The maximum Gasteiger partial charge on any atom is 0.254 e. The van der Waals surface area contributed by atoms with Crippen LogP contribution in [0.3, 0.4) is 0 Å². The van der Waals surface area contributed by atoms with E-state index in [-0.39, 0.29) is 5.91 Å². The van der Waals surface area contributed by atoms with Crippen LogP contribution in [0, 0.1) is 11.8 Å². The fourth-order valence-corrected chi connectivity index (χ4v) is 2.65. The van der Waals surface area contributed by atoms with Crippen molar-refractivity contribution in [2.45, 2.75) is 39.3 Å². The summed E-state index contributed by atoms with van der Waals surface area (Å²) in [5.74, 6) is 1.22. The zero-order valence-electron chi connectivity index (χ0n) is 12.9. The fraction of sp³-hybridized carbons (Fsp3) is 0.929. The second kappa shape index (κ2) is 5.57. The van der Waals surface area contributed by atoms with Crippen molar-refractivity contribution in [3.8, 4) is 0 Å². The van der Waals surface area contributed by atoms with Crippen LogP contribution in [-0.4, -0.2) is 61.6 Å². The second-order valence-corrected chi connectivity index (χ2v) is 6.36. The van der Waals surface area contributed by atoms with E-state index in [9.17, 15) is 4.79 Å². The van der Waals surface area contributed by atoms with Crippen LogP contribution in [0.4, 0.5) is 0 Å². The smallest absolute Gasteiger partial charge is 0.254 e. The summed E-state index contributed by atoms with van der Waals surface area (Å²) >= 11 is 0. The maximum absolute atomic E-state index is 12.4. The molecule has 0 aliphatic carbocycles. The summed E-state index contributed by atoms with van der Waals surface area (Å²) in [5.41, 5.74) is -0.720. The Hall–Kier alpha value is -0.610. The van der Waals surface area contributed by atoms with E-state index in [1.165, 1.54) is 0 Å². The summed E-state index contributed by atoms with van der Waals surface area (Å²) < 4.78 is 5.30. The van der Waals surface area contributed by atoms with E-state index < -0.39 is 5.60 Å². The number of nitrogens with zero attached hydrogens (tertiary/aromatic N) is 2. The number of amides is 1. The number of rotatable bonds is 4. The normalized spacial score (nSPS) is 25.3. The van der Waals surface area contributed by atoms with Gasteiger partial charge in [0.15, 0.2) is 0 Å². The van der Waals surface area contributed by atoms with E-state index in [1.54, 1.807) is 7.11 Å². The highest BCUT2D eigenvalue weighted by atomic mass is 16.5.